The van der Waals surface area contributed by atoms with Crippen molar-refractivity contribution in [3.63, 3.8) is 0 Å². The van der Waals surface area contributed by atoms with E-state index in [1.165, 1.54) is 10.9 Å². The molecular weight excluding hydrogens is 507 g/mol. The van der Waals surface area contributed by atoms with Gasteiger partial charge in [-0.05, 0) is 0 Å². The smallest absolute Gasteiger partial charge is 0.401 e. The number of ether oxygens (including phenoxy) is 1. The van der Waals surface area contributed by atoms with Gasteiger partial charge < -0.3 is 29.9 Å². The monoisotopic (exact) mass is 523 g/mol. The van der Waals surface area contributed by atoms with Crippen molar-refractivity contribution in [2.24, 2.45) is 0 Å². The van der Waals surface area contributed by atoms with Crippen molar-refractivity contribution >= 4 is 36.4 Å². The van der Waals surface area contributed by atoms with E-state index in [0.29, 0.717) is 6.07 Å². The maximum absolute atomic E-state index is 14.7. The van der Waals surface area contributed by atoms with Crippen LogP contribution in [0.2, 0.25) is 5.02 Å². The SMILES string of the molecule is O=P(O)(O)Oc1cc(Cl)c(F)c(CNc2ncnc3c2ncn3[C@@H]2O[C@H](CO)[C@@H](O)[C@H]2O)c1F. The number of aliphatic hydroxyl groups excluding tert-OH is 3. The van der Waals surface area contributed by atoms with Crippen LogP contribution in [-0.2, 0) is 15.8 Å². The van der Waals surface area contributed by atoms with Crippen LogP contribution >= 0.6 is 19.4 Å². The molecule has 2 aromatic heterocycles. The van der Waals surface area contributed by atoms with E-state index in [9.17, 15) is 28.7 Å². The van der Waals surface area contributed by atoms with E-state index in [0.717, 1.165) is 6.33 Å². The summed E-state index contributed by atoms with van der Waals surface area (Å²) in [6, 6.07) is 0.598. The molecule has 34 heavy (non-hydrogen) atoms. The van der Waals surface area contributed by atoms with Crippen LogP contribution in [0, 0.1) is 11.6 Å². The van der Waals surface area contributed by atoms with Crippen LogP contribution in [0.15, 0.2) is 18.7 Å². The molecule has 1 aromatic carbocycles. The third-order valence-corrected chi connectivity index (χ3v) is 5.72. The van der Waals surface area contributed by atoms with Gasteiger partial charge in [0.15, 0.2) is 34.8 Å². The van der Waals surface area contributed by atoms with Crippen LogP contribution in [0.25, 0.3) is 11.2 Å². The number of hydrogen-bond donors (Lipinski definition) is 6. The number of halogens is 3. The summed E-state index contributed by atoms with van der Waals surface area (Å²) < 4.78 is 51.1. The average Bonchev–Trinajstić information content (AvgIpc) is 3.32. The maximum Gasteiger partial charge on any atom is 0.524 e. The van der Waals surface area contributed by atoms with E-state index in [4.69, 9.17) is 26.1 Å². The second-order valence-corrected chi connectivity index (χ2v) is 8.74. The minimum absolute atomic E-state index is 0.00623. The van der Waals surface area contributed by atoms with E-state index in [1.54, 1.807) is 0 Å². The van der Waals surface area contributed by atoms with Crippen molar-refractivity contribution in [1.29, 1.82) is 0 Å². The molecule has 6 N–H and O–H groups in total. The van der Waals surface area contributed by atoms with Crippen molar-refractivity contribution in [2.75, 3.05) is 11.9 Å². The second kappa shape index (κ2) is 9.28. The predicted octanol–water partition coefficient (Wildman–Crippen LogP) is 0.453. The molecule has 184 valence electrons. The lowest BCUT2D eigenvalue weighted by atomic mass is 10.1. The number of benzene rings is 1. The Bertz CT molecular complexity index is 1280. The minimum Gasteiger partial charge on any atom is -0.401 e. The quantitative estimate of drug-likeness (QED) is 0.185. The fourth-order valence-electron chi connectivity index (χ4n) is 3.43. The Hall–Kier alpha value is -2.49. The van der Waals surface area contributed by atoms with E-state index in [2.05, 4.69) is 24.8 Å². The zero-order valence-electron chi connectivity index (χ0n) is 16.8. The highest BCUT2D eigenvalue weighted by atomic mass is 35.5. The maximum atomic E-state index is 14.7. The number of nitrogens with one attached hydrogen (secondary N) is 1. The van der Waals surface area contributed by atoms with Gasteiger partial charge in [-0.15, -0.1) is 0 Å². The van der Waals surface area contributed by atoms with Crippen molar-refractivity contribution in [3.05, 3.63) is 40.9 Å². The fraction of sp³-hybridized carbons (Fsp3) is 0.353. The molecule has 3 heterocycles. The molecule has 13 nitrogen and oxygen atoms in total. The standard InChI is InChI=1S/C17H17ClF2N5O8P/c18-7-1-8(33-34(29,30)31)11(20)6(10(7)19)2-21-15-12-16(23-4-22-15)25(5-24-12)17-14(28)13(27)9(3-26)32-17/h1,4-5,9,13-14,17,26-28H,2-3H2,(H,21,22,23)(H2,29,30,31)/t9-,13-,14-,17-/m1/s1. The van der Waals surface area contributed by atoms with Crippen molar-refractivity contribution in [2.45, 2.75) is 31.1 Å². The number of hydrogen-bond acceptors (Lipinski definition) is 10. The number of anilines is 1. The second-order valence-electron chi connectivity index (χ2n) is 7.17. The Morgan fingerprint density at radius 1 is 1.21 bits per heavy atom. The van der Waals surface area contributed by atoms with Crippen LogP contribution < -0.4 is 9.84 Å². The summed E-state index contributed by atoms with van der Waals surface area (Å²) >= 11 is 5.70. The molecule has 1 fully saturated rings. The molecule has 1 aliphatic rings. The van der Waals surface area contributed by atoms with E-state index >= 15 is 0 Å². The molecule has 0 aliphatic carbocycles. The van der Waals surface area contributed by atoms with Crippen LogP contribution in [-0.4, -0.2) is 69.5 Å². The van der Waals surface area contributed by atoms with Crippen LogP contribution in [0.4, 0.5) is 14.6 Å². The molecule has 4 rings (SSSR count). The van der Waals surface area contributed by atoms with Gasteiger partial charge in [0.05, 0.1) is 18.0 Å². The highest BCUT2D eigenvalue weighted by molar-refractivity contribution is 7.46. The van der Waals surface area contributed by atoms with Crippen LogP contribution in [0.5, 0.6) is 5.75 Å². The van der Waals surface area contributed by atoms with Gasteiger partial charge in [-0.2, -0.15) is 0 Å². The molecule has 4 atom stereocenters. The van der Waals surface area contributed by atoms with Crippen LogP contribution in [0.1, 0.15) is 11.8 Å². The molecular formula is C17H17ClF2N5O8P. The summed E-state index contributed by atoms with van der Waals surface area (Å²) in [6.07, 6.45) is -2.59. The van der Waals surface area contributed by atoms with E-state index in [-0.39, 0.29) is 17.0 Å². The summed E-state index contributed by atoms with van der Waals surface area (Å²) in [7, 11) is -5.14. The summed E-state index contributed by atoms with van der Waals surface area (Å²) in [5.41, 5.74) is -0.453. The molecule has 3 aromatic rings. The first kappa shape index (κ1) is 24.6. The Kier molecular flexibility index (Phi) is 6.72. The Labute approximate surface area is 193 Å². The third-order valence-electron chi connectivity index (χ3n) is 5.01. The summed E-state index contributed by atoms with van der Waals surface area (Å²) in [4.78, 5) is 30.0. The number of imidazole rings is 1. The number of rotatable bonds is 7. The van der Waals surface area contributed by atoms with Crippen molar-refractivity contribution in [3.8, 4) is 5.75 Å². The number of phosphoric ester groups is 1. The number of aliphatic hydroxyl groups is 3. The molecule has 0 bridgehead atoms. The first-order valence-corrected chi connectivity index (χ1v) is 11.4. The Morgan fingerprint density at radius 2 is 1.94 bits per heavy atom. The molecule has 17 heteroatoms. The predicted molar refractivity (Wildman–Crippen MR) is 110 cm³/mol. The average molecular weight is 524 g/mol. The fourth-order valence-corrected chi connectivity index (χ4v) is 4.03. The highest BCUT2D eigenvalue weighted by Crippen LogP contribution is 2.41. The zero-order chi connectivity index (χ0) is 24.8. The number of phosphoric acid groups is 1. The van der Waals surface area contributed by atoms with E-state index < -0.39 is 73.5 Å². The van der Waals surface area contributed by atoms with Gasteiger partial charge in [0.1, 0.15) is 30.5 Å². The number of fused-ring (bicyclic) bond motifs is 1. The lowest BCUT2D eigenvalue weighted by Gasteiger charge is -2.16. The minimum atomic E-state index is -5.14. The van der Waals surface area contributed by atoms with Gasteiger partial charge in [-0.1, -0.05) is 11.6 Å². The molecule has 0 spiro atoms. The van der Waals surface area contributed by atoms with Gasteiger partial charge >= 0.3 is 7.82 Å². The summed E-state index contributed by atoms with van der Waals surface area (Å²) in [5.74, 6) is -3.52. The van der Waals surface area contributed by atoms with Gasteiger partial charge in [-0.25, -0.2) is 28.3 Å². The lowest BCUT2D eigenvalue weighted by Crippen LogP contribution is -2.33. The van der Waals surface area contributed by atoms with Crippen molar-refractivity contribution < 1.29 is 47.7 Å². The van der Waals surface area contributed by atoms with Gasteiger partial charge in [0.25, 0.3) is 0 Å². The van der Waals surface area contributed by atoms with Gasteiger partial charge in [-0.3, -0.25) is 14.4 Å². The van der Waals surface area contributed by atoms with Crippen molar-refractivity contribution in [1.82, 2.24) is 19.5 Å². The Balaban J connectivity index is 1.63. The highest BCUT2D eigenvalue weighted by Gasteiger charge is 2.44. The topological polar surface area (TPSA) is 192 Å². The number of aromatic nitrogens is 4. The van der Waals surface area contributed by atoms with Gasteiger partial charge in [0.2, 0.25) is 0 Å². The molecule has 0 amide bonds. The largest absolute Gasteiger partial charge is 0.524 e. The summed E-state index contributed by atoms with van der Waals surface area (Å²) in [6.45, 7) is -1.11. The third kappa shape index (κ3) is 4.56. The number of nitrogens with zero attached hydrogens (tertiary/aromatic N) is 4. The first-order chi connectivity index (χ1) is 16.0. The zero-order valence-corrected chi connectivity index (χ0v) is 18.4. The molecule has 0 radical (unpaired) electrons. The molecule has 1 aliphatic heterocycles. The van der Waals surface area contributed by atoms with E-state index in [1.807, 2.05) is 0 Å². The molecule has 0 unspecified atom stereocenters. The molecule has 1 saturated heterocycles. The summed E-state index contributed by atoms with van der Waals surface area (Å²) in [5, 5.41) is 31.5. The van der Waals surface area contributed by atoms with Crippen LogP contribution in [0.3, 0.4) is 0 Å². The lowest BCUT2D eigenvalue weighted by molar-refractivity contribution is -0.0511. The normalized spacial score (nSPS) is 22.9. The van der Waals surface area contributed by atoms with Gasteiger partial charge in [0, 0.05) is 18.2 Å². The first-order valence-electron chi connectivity index (χ1n) is 9.47. The Morgan fingerprint density at radius 3 is 2.59 bits per heavy atom. The molecule has 0 saturated carbocycles.